The molecular formula is C10H11N5O6. The summed E-state index contributed by atoms with van der Waals surface area (Å²) in [5, 5.41) is 25.5. The lowest BCUT2D eigenvalue weighted by atomic mass is 10.2. The van der Waals surface area contributed by atoms with Gasteiger partial charge in [-0.2, -0.15) is 5.10 Å². The van der Waals surface area contributed by atoms with Gasteiger partial charge < -0.3 is 15.3 Å². The standard InChI is InChI=1S/C10H11N5O6/c16-8-4-14(7(2-11-8)10(18)19)9(17)5-13-3-6(1-12-13)15(20)21/h1,3,7H,2,4-5H2,(H,11,16)(H,18,19). The third-order valence-electron chi connectivity index (χ3n) is 2.92. The van der Waals surface area contributed by atoms with Gasteiger partial charge in [0.25, 0.3) is 0 Å². The predicted molar refractivity (Wildman–Crippen MR) is 65.0 cm³/mol. The van der Waals surface area contributed by atoms with Crippen LogP contribution in [0.5, 0.6) is 0 Å². The first-order valence-electron chi connectivity index (χ1n) is 5.84. The molecule has 2 N–H and O–H groups in total. The molecule has 21 heavy (non-hydrogen) atoms. The van der Waals surface area contributed by atoms with E-state index in [0.717, 1.165) is 22.0 Å². The van der Waals surface area contributed by atoms with Gasteiger partial charge >= 0.3 is 11.7 Å². The fourth-order valence-corrected chi connectivity index (χ4v) is 1.89. The summed E-state index contributed by atoms with van der Waals surface area (Å²) in [7, 11) is 0. The average molecular weight is 297 g/mol. The number of carbonyl (C=O) groups is 3. The molecule has 0 radical (unpaired) electrons. The second kappa shape index (κ2) is 5.56. The smallest absolute Gasteiger partial charge is 0.328 e. The van der Waals surface area contributed by atoms with E-state index in [0.29, 0.717) is 0 Å². The molecule has 0 saturated carbocycles. The summed E-state index contributed by atoms with van der Waals surface area (Å²) in [6.07, 6.45) is 2.03. The fraction of sp³-hybridized carbons (Fsp3) is 0.400. The molecule has 1 fully saturated rings. The maximum atomic E-state index is 12.1. The van der Waals surface area contributed by atoms with Crippen LogP contribution in [0.4, 0.5) is 5.69 Å². The Morgan fingerprint density at radius 3 is 2.86 bits per heavy atom. The molecule has 2 heterocycles. The van der Waals surface area contributed by atoms with E-state index < -0.39 is 28.7 Å². The molecule has 1 saturated heterocycles. The van der Waals surface area contributed by atoms with Gasteiger partial charge in [0.2, 0.25) is 11.8 Å². The Balaban J connectivity index is 2.10. The van der Waals surface area contributed by atoms with Gasteiger partial charge in [0, 0.05) is 6.54 Å². The molecule has 1 aromatic heterocycles. The van der Waals surface area contributed by atoms with Crippen molar-refractivity contribution in [3.8, 4) is 0 Å². The molecule has 1 aliphatic rings. The van der Waals surface area contributed by atoms with Gasteiger partial charge in [-0.25, -0.2) is 4.79 Å². The Morgan fingerprint density at radius 1 is 1.57 bits per heavy atom. The van der Waals surface area contributed by atoms with E-state index >= 15 is 0 Å². The number of hydrogen-bond acceptors (Lipinski definition) is 6. The van der Waals surface area contributed by atoms with Crippen molar-refractivity contribution in [2.24, 2.45) is 0 Å². The van der Waals surface area contributed by atoms with E-state index in [2.05, 4.69) is 10.4 Å². The Morgan fingerprint density at radius 2 is 2.29 bits per heavy atom. The third-order valence-corrected chi connectivity index (χ3v) is 2.92. The lowest BCUT2D eigenvalue weighted by Crippen LogP contribution is -2.59. The first kappa shape index (κ1) is 14.4. The van der Waals surface area contributed by atoms with Crippen LogP contribution in [0.1, 0.15) is 0 Å². The van der Waals surface area contributed by atoms with Crippen LogP contribution in [-0.4, -0.2) is 61.6 Å². The van der Waals surface area contributed by atoms with Crippen molar-refractivity contribution in [1.82, 2.24) is 20.0 Å². The molecule has 11 nitrogen and oxygen atoms in total. The minimum Gasteiger partial charge on any atom is -0.480 e. The van der Waals surface area contributed by atoms with Crippen molar-refractivity contribution in [3.63, 3.8) is 0 Å². The summed E-state index contributed by atoms with van der Waals surface area (Å²) in [6, 6.07) is -1.17. The highest BCUT2D eigenvalue weighted by atomic mass is 16.6. The number of aromatic nitrogens is 2. The maximum Gasteiger partial charge on any atom is 0.328 e. The predicted octanol–water partition coefficient (Wildman–Crippen LogP) is -1.80. The normalized spacial score (nSPS) is 18.2. The van der Waals surface area contributed by atoms with Crippen LogP contribution < -0.4 is 5.32 Å². The topological polar surface area (TPSA) is 148 Å². The van der Waals surface area contributed by atoms with Crippen molar-refractivity contribution in [2.45, 2.75) is 12.6 Å². The second-order valence-electron chi connectivity index (χ2n) is 4.33. The number of hydrogen-bond donors (Lipinski definition) is 2. The Hall–Kier alpha value is -2.98. The maximum absolute atomic E-state index is 12.1. The van der Waals surface area contributed by atoms with Crippen LogP contribution in [0.3, 0.4) is 0 Å². The Bertz CT molecular complexity index is 611. The molecule has 1 aromatic rings. The molecule has 2 rings (SSSR count). The van der Waals surface area contributed by atoms with Gasteiger partial charge in [-0.1, -0.05) is 0 Å². The molecule has 0 aromatic carbocycles. The summed E-state index contributed by atoms with van der Waals surface area (Å²) in [4.78, 5) is 45.2. The van der Waals surface area contributed by atoms with Crippen molar-refractivity contribution >= 4 is 23.5 Å². The lowest BCUT2D eigenvalue weighted by Gasteiger charge is -2.32. The van der Waals surface area contributed by atoms with Crippen molar-refractivity contribution < 1.29 is 24.4 Å². The third kappa shape index (κ3) is 3.13. The number of nitrogens with zero attached hydrogens (tertiary/aromatic N) is 4. The molecule has 11 heteroatoms. The van der Waals surface area contributed by atoms with Crippen LogP contribution >= 0.6 is 0 Å². The van der Waals surface area contributed by atoms with Gasteiger partial charge in [-0.05, 0) is 0 Å². The molecule has 112 valence electrons. The van der Waals surface area contributed by atoms with Crippen LogP contribution in [-0.2, 0) is 20.9 Å². The van der Waals surface area contributed by atoms with Gasteiger partial charge in [0.1, 0.15) is 31.5 Å². The number of carboxylic acid groups (broad SMARTS) is 1. The minimum atomic E-state index is -1.24. The Kier molecular flexibility index (Phi) is 3.82. The Labute approximate surface area is 117 Å². The van der Waals surface area contributed by atoms with E-state index in [1.807, 2.05) is 0 Å². The van der Waals surface area contributed by atoms with Crippen molar-refractivity contribution in [3.05, 3.63) is 22.5 Å². The molecule has 0 bridgehead atoms. The number of nitro groups is 1. The molecule has 1 unspecified atom stereocenters. The highest BCUT2D eigenvalue weighted by molar-refractivity contribution is 5.91. The van der Waals surface area contributed by atoms with E-state index in [9.17, 15) is 24.5 Å². The number of piperazine rings is 1. The summed E-state index contributed by atoms with van der Waals surface area (Å²) in [5.41, 5.74) is -0.283. The number of nitrogens with one attached hydrogen (secondary N) is 1. The number of carboxylic acids is 1. The number of amides is 2. The lowest BCUT2D eigenvalue weighted by molar-refractivity contribution is -0.385. The van der Waals surface area contributed by atoms with Gasteiger partial charge in [0.15, 0.2) is 0 Å². The molecule has 1 aliphatic heterocycles. The number of rotatable bonds is 4. The minimum absolute atomic E-state index is 0.181. The van der Waals surface area contributed by atoms with Crippen LogP contribution in [0.2, 0.25) is 0 Å². The SMILES string of the molecule is O=C1CN(C(=O)Cn2cc([N+](=O)[O-])cn2)C(C(=O)O)CN1. The largest absolute Gasteiger partial charge is 0.480 e. The highest BCUT2D eigenvalue weighted by Crippen LogP contribution is 2.10. The van der Waals surface area contributed by atoms with E-state index in [4.69, 9.17) is 5.11 Å². The van der Waals surface area contributed by atoms with Gasteiger partial charge in [-0.3, -0.25) is 24.4 Å². The molecule has 2 amide bonds. The quantitative estimate of drug-likeness (QED) is 0.492. The molecule has 0 aliphatic carbocycles. The highest BCUT2D eigenvalue weighted by Gasteiger charge is 2.35. The molecular weight excluding hydrogens is 286 g/mol. The van der Waals surface area contributed by atoms with E-state index in [1.165, 1.54) is 0 Å². The van der Waals surface area contributed by atoms with E-state index in [-0.39, 0.29) is 25.3 Å². The van der Waals surface area contributed by atoms with Gasteiger partial charge in [-0.15, -0.1) is 0 Å². The van der Waals surface area contributed by atoms with Crippen molar-refractivity contribution in [1.29, 1.82) is 0 Å². The first-order chi connectivity index (χ1) is 9.88. The summed E-state index contributed by atoms with van der Waals surface area (Å²) in [5.74, 6) is -2.36. The zero-order chi connectivity index (χ0) is 15.6. The van der Waals surface area contributed by atoms with Crippen LogP contribution in [0.25, 0.3) is 0 Å². The molecule has 1 atom stereocenters. The zero-order valence-corrected chi connectivity index (χ0v) is 10.6. The fourth-order valence-electron chi connectivity index (χ4n) is 1.89. The van der Waals surface area contributed by atoms with Crippen molar-refractivity contribution in [2.75, 3.05) is 13.1 Å². The number of carbonyl (C=O) groups excluding carboxylic acids is 2. The first-order valence-corrected chi connectivity index (χ1v) is 5.84. The molecule has 0 spiro atoms. The average Bonchev–Trinajstić information content (AvgIpc) is 2.86. The number of aliphatic carboxylic acids is 1. The second-order valence-corrected chi connectivity index (χ2v) is 4.33. The van der Waals surface area contributed by atoms with Crippen LogP contribution in [0.15, 0.2) is 12.4 Å². The summed E-state index contributed by atoms with van der Waals surface area (Å²) >= 11 is 0. The van der Waals surface area contributed by atoms with E-state index in [1.54, 1.807) is 0 Å². The zero-order valence-electron chi connectivity index (χ0n) is 10.6. The summed E-state index contributed by atoms with van der Waals surface area (Å²) in [6.45, 7) is -0.941. The summed E-state index contributed by atoms with van der Waals surface area (Å²) < 4.78 is 1.02. The van der Waals surface area contributed by atoms with Gasteiger partial charge in [0.05, 0.1) is 4.92 Å². The van der Waals surface area contributed by atoms with Crippen LogP contribution in [0, 0.1) is 10.1 Å². The monoisotopic (exact) mass is 297 g/mol.